The first-order valence-corrected chi connectivity index (χ1v) is 9.49. The summed E-state index contributed by atoms with van der Waals surface area (Å²) in [4.78, 5) is 35.2. The molecule has 1 rings (SSSR count). The Morgan fingerprint density at radius 2 is 1.65 bits per heavy atom. The third-order valence-electron chi connectivity index (χ3n) is 4.64. The maximum Gasteiger partial charge on any atom is 0.410 e. The highest BCUT2D eigenvalue weighted by Gasteiger charge is 2.35. The highest BCUT2D eigenvalue weighted by atomic mass is 16.7. The van der Waals surface area contributed by atoms with Crippen molar-refractivity contribution in [3.63, 3.8) is 0 Å². The molecular formula is C19H33NO6. The molecule has 7 nitrogen and oxygen atoms in total. The van der Waals surface area contributed by atoms with Gasteiger partial charge < -0.3 is 19.9 Å². The van der Waals surface area contributed by atoms with Gasteiger partial charge in [0.15, 0.2) is 0 Å². The van der Waals surface area contributed by atoms with Gasteiger partial charge in [-0.15, -0.1) is 0 Å². The topological polar surface area (TPSA) is 102 Å². The van der Waals surface area contributed by atoms with Crippen LogP contribution in [0.4, 0.5) is 4.79 Å². The fourth-order valence-electron chi connectivity index (χ4n) is 3.25. The first-order valence-electron chi connectivity index (χ1n) is 9.49. The van der Waals surface area contributed by atoms with Gasteiger partial charge in [-0.05, 0) is 24.2 Å². The summed E-state index contributed by atoms with van der Waals surface area (Å²) in [6, 6.07) is 0. The lowest BCUT2D eigenvalue weighted by Gasteiger charge is -2.36. The number of alkyl carbamates (subject to hydrolysis) is 1. The molecule has 150 valence electrons. The molecule has 1 aliphatic rings. The van der Waals surface area contributed by atoms with Crippen molar-refractivity contribution in [2.75, 3.05) is 6.54 Å². The summed E-state index contributed by atoms with van der Waals surface area (Å²) < 4.78 is 10.5. The van der Waals surface area contributed by atoms with E-state index in [1.807, 2.05) is 13.8 Å². The molecule has 1 atom stereocenters. The second-order valence-corrected chi connectivity index (χ2v) is 8.09. The number of nitrogens with one attached hydrogen (secondary N) is 1. The number of hydrogen-bond donors (Lipinski definition) is 2. The van der Waals surface area contributed by atoms with E-state index in [-0.39, 0.29) is 31.2 Å². The van der Waals surface area contributed by atoms with E-state index in [0.29, 0.717) is 0 Å². The fourth-order valence-corrected chi connectivity index (χ4v) is 3.25. The molecule has 1 saturated carbocycles. The highest BCUT2D eigenvalue weighted by Crippen LogP contribution is 2.38. The van der Waals surface area contributed by atoms with Gasteiger partial charge in [-0.25, -0.2) is 4.79 Å². The molecule has 0 heterocycles. The van der Waals surface area contributed by atoms with Gasteiger partial charge in [0.05, 0.1) is 6.42 Å². The van der Waals surface area contributed by atoms with Crippen molar-refractivity contribution in [1.29, 1.82) is 0 Å². The summed E-state index contributed by atoms with van der Waals surface area (Å²) in [7, 11) is 0. The SMILES string of the molecule is CC(C)CC(=O)OC(OC(=O)NCC1(CC(=O)O)CCCCC1)C(C)C. The van der Waals surface area contributed by atoms with Crippen LogP contribution in [0, 0.1) is 17.3 Å². The Labute approximate surface area is 155 Å². The fraction of sp³-hybridized carbons (Fsp3) is 0.842. The Morgan fingerprint density at radius 1 is 1.04 bits per heavy atom. The zero-order chi connectivity index (χ0) is 19.7. The molecule has 0 bridgehead atoms. The standard InChI is InChI=1S/C19H33NO6/c1-13(2)10-16(23)25-17(14(3)4)26-18(24)20-12-19(11-15(21)22)8-6-5-7-9-19/h13-14,17H,5-12H2,1-4H3,(H,20,24)(H,21,22). The lowest BCUT2D eigenvalue weighted by Crippen LogP contribution is -2.42. The molecule has 1 fully saturated rings. The molecule has 0 aromatic heterocycles. The van der Waals surface area contributed by atoms with Gasteiger partial charge in [-0.3, -0.25) is 9.59 Å². The first-order chi connectivity index (χ1) is 12.1. The number of esters is 1. The minimum absolute atomic E-state index is 0.0320. The van der Waals surface area contributed by atoms with E-state index in [0.717, 1.165) is 32.1 Å². The number of carbonyl (C=O) groups is 3. The Morgan fingerprint density at radius 3 is 2.15 bits per heavy atom. The predicted octanol–water partition coefficient (Wildman–Crippen LogP) is 3.71. The number of carboxylic acids is 1. The number of carbonyl (C=O) groups excluding carboxylic acids is 2. The predicted molar refractivity (Wildman–Crippen MR) is 96.4 cm³/mol. The van der Waals surface area contributed by atoms with Crippen LogP contribution in [-0.4, -0.2) is 36.0 Å². The number of hydrogen-bond acceptors (Lipinski definition) is 5. The van der Waals surface area contributed by atoms with Crippen LogP contribution in [0.1, 0.15) is 72.6 Å². The Bertz CT molecular complexity index is 482. The molecule has 0 saturated heterocycles. The second-order valence-electron chi connectivity index (χ2n) is 8.09. The van der Waals surface area contributed by atoms with Gasteiger partial charge in [-0.2, -0.15) is 0 Å². The summed E-state index contributed by atoms with van der Waals surface area (Å²) in [6.07, 6.45) is 3.22. The van der Waals surface area contributed by atoms with Crippen molar-refractivity contribution >= 4 is 18.0 Å². The molecule has 2 N–H and O–H groups in total. The van der Waals surface area contributed by atoms with Crippen LogP contribution in [-0.2, 0) is 19.1 Å². The van der Waals surface area contributed by atoms with Gasteiger partial charge in [0, 0.05) is 18.9 Å². The highest BCUT2D eigenvalue weighted by molar-refractivity contribution is 5.71. The third-order valence-corrected chi connectivity index (χ3v) is 4.64. The molecule has 0 aromatic rings. The van der Waals surface area contributed by atoms with E-state index in [2.05, 4.69) is 5.32 Å². The second kappa shape index (κ2) is 10.4. The van der Waals surface area contributed by atoms with Gasteiger partial charge in [0.1, 0.15) is 0 Å². The molecule has 1 amide bonds. The lowest BCUT2D eigenvalue weighted by molar-refractivity contribution is -0.175. The monoisotopic (exact) mass is 371 g/mol. The number of aliphatic carboxylic acids is 1. The maximum atomic E-state index is 12.2. The quantitative estimate of drug-likeness (QED) is 0.473. The third kappa shape index (κ3) is 8.06. The van der Waals surface area contributed by atoms with Gasteiger partial charge >= 0.3 is 18.0 Å². The van der Waals surface area contributed by atoms with E-state index in [1.54, 1.807) is 13.8 Å². The van der Waals surface area contributed by atoms with Crippen molar-refractivity contribution in [3.8, 4) is 0 Å². The average molecular weight is 371 g/mol. The van der Waals surface area contributed by atoms with Crippen LogP contribution < -0.4 is 5.32 Å². The van der Waals surface area contributed by atoms with E-state index >= 15 is 0 Å². The summed E-state index contributed by atoms with van der Waals surface area (Å²) in [5.41, 5.74) is -0.426. The van der Waals surface area contributed by atoms with Crippen molar-refractivity contribution in [1.82, 2.24) is 5.32 Å². The van der Waals surface area contributed by atoms with E-state index < -0.39 is 29.7 Å². The summed E-state index contributed by atoms with van der Waals surface area (Å²) >= 11 is 0. The van der Waals surface area contributed by atoms with Gasteiger partial charge in [0.2, 0.25) is 0 Å². The van der Waals surface area contributed by atoms with E-state index in [1.165, 1.54) is 0 Å². The minimum atomic E-state index is -0.956. The normalized spacial score (nSPS) is 17.6. The Balaban J connectivity index is 2.58. The lowest BCUT2D eigenvalue weighted by atomic mass is 9.72. The molecule has 1 aliphatic carbocycles. The van der Waals surface area contributed by atoms with Gasteiger partial charge in [-0.1, -0.05) is 47.0 Å². The van der Waals surface area contributed by atoms with Crippen molar-refractivity contribution in [2.45, 2.75) is 78.9 Å². The molecule has 0 spiro atoms. The zero-order valence-corrected chi connectivity index (χ0v) is 16.4. The molecule has 0 radical (unpaired) electrons. The van der Waals surface area contributed by atoms with Gasteiger partial charge in [0.25, 0.3) is 6.29 Å². The number of ether oxygens (including phenoxy) is 2. The van der Waals surface area contributed by atoms with Crippen LogP contribution in [0.3, 0.4) is 0 Å². The summed E-state index contributed by atoms with van der Waals surface area (Å²) in [6.45, 7) is 7.67. The first kappa shape index (κ1) is 22.3. The number of rotatable bonds is 9. The maximum absolute atomic E-state index is 12.2. The summed E-state index contributed by atoms with van der Waals surface area (Å²) in [5, 5.41) is 11.9. The Kier molecular flexibility index (Phi) is 8.88. The zero-order valence-electron chi connectivity index (χ0n) is 16.4. The smallest absolute Gasteiger partial charge is 0.410 e. The van der Waals surface area contributed by atoms with Crippen LogP contribution in [0.5, 0.6) is 0 Å². The van der Waals surface area contributed by atoms with E-state index in [4.69, 9.17) is 9.47 Å². The number of carboxylic acid groups (broad SMARTS) is 1. The van der Waals surface area contributed by atoms with Crippen LogP contribution >= 0.6 is 0 Å². The largest absolute Gasteiger partial charge is 0.481 e. The molecule has 0 aliphatic heterocycles. The van der Waals surface area contributed by atoms with Crippen molar-refractivity contribution < 1.29 is 29.0 Å². The molecule has 1 unspecified atom stereocenters. The van der Waals surface area contributed by atoms with Crippen molar-refractivity contribution in [2.24, 2.45) is 17.3 Å². The molecule has 0 aromatic carbocycles. The van der Waals surface area contributed by atoms with Crippen LogP contribution in [0.2, 0.25) is 0 Å². The molecular weight excluding hydrogens is 338 g/mol. The van der Waals surface area contributed by atoms with Crippen molar-refractivity contribution in [3.05, 3.63) is 0 Å². The van der Waals surface area contributed by atoms with Crippen LogP contribution in [0.25, 0.3) is 0 Å². The molecule has 26 heavy (non-hydrogen) atoms. The molecule has 7 heteroatoms. The Hall–Kier alpha value is -1.79. The van der Waals surface area contributed by atoms with E-state index in [9.17, 15) is 19.5 Å². The summed E-state index contributed by atoms with van der Waals surface area (Å²) in [5.74, 6) is -1.28. The average Bonchev–Trinajstić information content (AvgIpc) is 2.52. The van der Waals surface area contributed by atoms with Crippen LogP contribution in [0.15, 0.2) is 0 Å². The minimum Gasteiger partial charge on any atom is -0.481 e. The number of amides is 1.